The fraction of sp³-hybridized carbons (Fsp3) is 0.727. The molecule has 2 atom stereocenters. The van der Waals surface area contributed by atoms with Gasteiger partial charge in [0.15, 0.2) is 0 Å². The molecule has 2 unspecified atom stereocenters. The molecule has 1 heterocycles. The first-order chi connectivity index (χ1) is 11.5. The molecule has 0 radical (unpaired) electrons. The summed E-state index contributed by atoms with van der Waals surface area (Å²) in [5, 5.41) is 3.96. The van der Waals surface area contributed by atoms with Gasteiger partial charge in [0.25, 0.3) is 0 Å². The largest absolute Gasteiger partial charge is 0.309 e. The first-order valence-corrected chi connectivity index (χ1v) is 10.0. The van der Waals surface area contributed by atoms with Gasteiger partial charge in [-0.15, -0.1) is 0 Å². The minimum Gasteiger partial charge on any atom is -0.309 e. The van der Waals surface area contributed by atoms with Crippen molar-refractivity contribution in [3.8, 4) is 0 Å². The number of benzene rings is 1. The molecule has 3 rings (SSSR count). The zero-order valence-electron chi connectivity index (χ0n) is 16.0. The topological polar surface area (TPSA) is 15.3 Å². The predicted molar refractivity (Wildman–Crippen MR) is 103 cm³/mol. The molecule has 24 heavy (non-hydrogen) atoms. The predicted octanol–water partition coefficient (Wildman–Crippen LogP) is 4.85. The highest BCUT2D eigenvalue weighted by molar-refractivity contribution is 5.15. The smallest absolute Gasteiger partial charge is 0.0309 e. The van der Waals surface area contributed by atoms with Crippen LogP contribution in [0, 0.1) is 11.3 Å². The lowest BCUT2D eigenvalue weighted by atomic mass is 9.69. The first kappa shape index (κ1) is 17.9. The molecule has 1 aliphatic carbocycles. The van der Waals surface area contributed by atoms with Gasteiger partial charge in [0.1, 0.15) is 0 Å². The number of hydrogen-bond acceptors (Lipinski definition) is 2. The standard InChI is InChI=1S/C22H36N2/c1-4-19-10-11-22(13-12-21(2,3)16-19)18-24(15-14-23-22)17-20-8-6-5-7-9-20/h5-9,19,23H,4,10-18H2,1-3H3. The van der Waals surface area contributed by atoms with Gasteiger partial charge in [-0.05, 0) is 49.0 Å². The summed E-state index contributed by atoms with van der Waals surface area (Å²) in [5.74, 6) is 0.906. The van der Waals surface area contributed by atoms with Crippen LogP contribution in [0.15, 0.2) is 30.3 Å². The Morgan fingerprint density at radius 2 is 1.92 bits per heavy atom. The lowest BCUT2D eigenvalue weighted by Gasteiger charge is -2.48. The van der Waals surface area contributed by atoms with Gasteiger partial charge < -0.3 is 5.32 Å². The van der Waals surface area contributed by atoms with E-state index >= 15 is 0 Å². The van der Waals surface area contributed by atoms with Crippen LogP contribution >= 0.6 is 0 Å². The summed E-state index contributed by atoms with van der Waals surface area (Å²) >= 11 is 0. The second-order valence-electron chi connectivity index (χ2n) is 9.08. The van der Waals surface area contributed by atoms with Crippen molar-refractivity contribution in [2.75, 3.05) is 19.6 Å². The molecule has 2 nitrogen and oxygen atoms in total. The third kappa shape index (κ3) is 4.61. The molecule has 1 aromatic carbocycles. The lowest BCUT2D eigenvalue weighted by molar-refractivity contribution is 0.0721. The average Bonchev–Trinajstić information content (AvgIpc) is 2.57. The van der Waals surface area contributed by atoms with E-state index in [1.54, 1.807) is 0 Å². The quantitative estimate of drug-likeness (QED) is 0.853. The van der Waals surface area contributed by atoms with Gasteiger partial charge in [0.05, 0.1) is 0 Å². The zero-order valence-corrected chi connectivity index (χ0v) is 16.0. The molecule has 2 aliphatic rings. The molecule has 0 amide bonds. The van der Waals surface area contributed by atoms with Gasteiger partial charge in [-0.1, -0.05) is 57.5 Å². The first-order valence-electron chi connectivity index (χ1n) is 10.0. The number of nitrogens with one attached hydrogen (secondary N) is 1. The van der Waals surface area contributed by atoms with Gasteiger partial charge in [0.2, 0.25) is 0 Å². The highest BCUT2D eigenvalue weighted by Crippen LogP contribution is 2.41. The van der Waals surface area contributed by atoms with E-state index in [9.17, 15) is 0 Å². The van der Waals surface area contributed by atoms with Crippen molar-refractivity contribution >= 4 is 0 Å². The monoisotopic (exact) mass is 328 g/mol. The van der Waals surface area contributed by atoms with Crippen molar-refractivity contribution in [2.24, 2.45) is 11.3 Å². The van der Waals surface area contributed by atoms with Gasteiger partial charge in [-0.25, -0.2) is 0 Å². The molecule has 1 N–H and O–H groups in total. The molecule has 0 aromatic heterocycles. The molecule has 2 heteroatoms. The van der Waals surface area contributed by atoms with Crippen LogP contribution in [0.4, 0.5) is 0 Å². The van der Waals surface area contributed by atoms with Crippen molar-refractivity contribution in [1.82, 2.24) is 10.2 Å². The van der Waals surface area contributed by atoms with E-state index in [2.05, 4.69) is 61.3 Å². The van der Waals surface area contributed by atoms with Crippen LogP contribution in [0.2, 0.25) is 0 Å². The van der Waals surface area contributed by atoms with Crippen molar-refractivity contribution in [3.63, 3.8) is 0 Å². The van der Waals surface area contributed by atoms with Gasteiger partial charge in [-0.2, -0.15) is 0 Å². The second-order valence-corrected chi connectivity index (χ2v) is 9.08. The highest BCUT2D eigenvalue weighted by Gasteiger charge is 2.39. The van der Waals surface area contributed by atoms with Crippen LogP contribution in [0.25, 0.3) is 0 Å². The maximum absolute atomic E-state index is 3.96. The van der Waals surface area contributed by atoms with E-state index in [1.807, 2.05) is 0 Å². The Bertz CT molecular complexity index is 510. The van der Waals surface area contributed by atoms with E-state index in [4.69, 9.17) is 0 Å². The number of nitrogens with zero attached hydrogens (tertiary/aromatic N) is 1. The maximum Gasteiger partial charge on any atom is 0.0309 e. The molecular formula is C22H36N2. The number of hydrogen-bond donors (Lipinski definition) is 1. The SMILES string of the molecule is CCC1CCC2(CCC(C)(C)C1)CN(Cc1ccccc1)CCN2. The molecule has 1 aliphatic heterocycles. The summed E-state index contributed by atoms with van der Waals surface area (Å²) < 4.78 is 0. The van der Waals surface area contributed by atoms with Gasteiger partial charge in [0, 0.05) is 31.7 Å². The molecule has 1 saturated carbocycles. The number of rotatable bonds is 3. The summed E-state index contributed by atoms with van der Waals surface area (Å²) in [7, 11) is 0. The fourth-order valence-corrected chi connectivity index (χ4v) is 4.87. The van der Waals surface area contributed by atoms with Crippen molar-refractivity contribution in [1.29, 1.82) is 0 Å². The van der Waals surface area contributed by atoms with Crippen LogP contribution in [0.5, 0.6) is 0 Å². The minimum absolute atomic E-state index is 0.345. The van der Waals surface area contributed by atoms with E-state index < -0.39 is 0 Å². The van der Waals surface area contributed by atoms with Crippen molar-refractivity contribution in [3.05, 3.63) is 35.9 Å². The van der Waals surface area contributed by atoms with Crippen LogP contribution in [-0.4, -0.2) is 30.1 Å². The summed E-state index contributed by atoms with van der Waals surface area (Å²) in [6, 6.07) is 11.0. The molecule has 1 spiro atoms. The summed E-state index contributed by atoms with van der Waals surface area (Å²) in [4.78, 5) is 2.68. The summed E-state index contributed by atoms with van der Waals surface area (Å²) in [5.41, 5.74) is 2.29. The lowest BCUT2D eigenvalue weighted by Crippen LogP contribution is -2.60. The fourth-order valence-electron chi connectivity index (χ4n) is 4.87. The van der Waals surface area contributed by atoms with Crippen LogP contribution < -0.4 is 5.32 Å². The Labute approximate surface area is 149 Å². The van der Waals surface area contributed by atoms with Gasteiger partial charge >= 0.3 is 0 Å². The molecule has 2 fully saturated rings. The van der Waals surface area contributed by atoms with Crippen LogP contribution in [0.3, 0.4) is 0 Å². The van der Waals surface area contributed by atoms with E-state index in [0.717, 1.165) is 19.0 Å². The molecule has 1 aromatic rings. The molecular weight excluding hydrogens is 292 g/mol. The van der Waals surface area contributed by atoms with Crippen LogP contribution in [-0.2, 0) is 6.54 Å². The molecule has 134 valence electrons. The van der Waals surface area contributed by atoms with Crippen molar-refractivity contribution in [2.45, 2.75) is 71.4 Å². The van der Waals surface area contributed by atoms with Gasteiger partial charge in [-0.3, -0.25) is 4.90 Å². The van der Waals surface area contributed by atoms with E-state index in [-0.39, 0.29) is 0 Å². The zero-order chi connectivity index (χ0) is 17.0. The van der Waals surface area contributed by atoms with Crippen LogP contribution in [0.1, 0.15) is 64.9 Å². The normalized spacial score (nSPS) is 31.5. The van der Waals surface area contributed by atoms with E-state index in [0.29, 0.717) is 11.0 Å². The Morgan fingerprint density at radius 1 is 1.12 bits per heavy atom. The Morgan fingerprint density at radius 3 is 2.67 bits per heavy atom. The minimum atomic E-state index is 0.345. The highest BCUT2D eigenvalue weighted by atomic mass is 15.2. The Hall–Kier alpha value is -0.860. The second kappa shape index (κ2) is 7.58. The maximum atomic E-state index is 3.96. The third-order valence-corrected chi connectivity index (χ3v) is 6.43. The summed E-state index contributed by atoms with van der Waals surface area (Å²) in [6.07, 6.45) is 8.19. The molecule has 0 bridgehead atoms. The average molecular weight is 329 g/mol. The van der Waals surface area contributed by atoms with E-state index in [1.165, 1.54) is 57.2 Å². The Balaban J connectivity index is 1.68. The third-order valence-electron chi connectivity index (χ3n) is 6.43. The van der Waals surface area contributed by atoms with Crippen molar-refractivity contribution < 1.29 is 0 Å². The Kier molecular flexibility index (Phi) is 5.66. The summed E-state index contributed by atoms with van der Waals surface area (Å²) in [6.45, 7) is 12.0. The molecule has 1 saturated heterocycles. The number of piperazine rings is 1.